The highest BCUT2D eigenvalue weighted by Gasteiger charge is 2.31. The van der Waals surface area contributed by atoms with Crippen LogP contribution in [0.3, 0.4) is 0 Å². The molecule has 0 heterocycles. The third kappa shape index (κ3) is 2.94. The zero-order valence-electron chi connectivity index (χ0n) is 10.9. The van der Waals surface area contributed by atoms with Crippen molar-refractivity contribution >= 4 is 18.6 Å². The Morgan fingerprint density at radius 3 is 2.26 bits per heavy atom. The first-order valence-electron chi connectivity index (χ1n) is 5.71. The average Bonchev–Trinajstić information content (AvgIpc) is 2.34. The summed E-state index contributed by atoms with van der Waals surface area (Å²) in [6.07, 6.45) is 0.512. The van der Waals surface area contributed by atoms with Crippen LogP contribution in [0.25, 0.3) is 0 Å². The van der Waals surface area contributed by atoms with Crippen molar-refractivity contribution in [2.45, 2.75) is 26.7 Å². The number of methoxy groups -OCH3 is 1. The summed E-state index contributed by atoms with van der Waals surface area (Å²) in [6, 6.07) is 1.21. The van der Waals surface area contributed by atoms with Crippen LogP contribution < -0.4 is 10.0 Å². The summed E-state index contributed by atoms with van der Waals surface area (Å²) in [6.45, 7) is 3.34. The molecule has 1 aromatic carbocycles. The molecular formula is C11H16NO6P. The van der Waals surface area contributed by atoms with Gasteiger partial charge < -0.3 is 14.5 Å². The molecular weight excluding hydrogens is 273 g/mol. The molecule has 1 rings (SSSR count). The largest absolute Gasteiger partial charge is 0.490 e. The number of aryl methyl sites for hydroxylation is 1. The molecule has 0 spiro atoms. The zero-order valence-corrected chi connectivity index (χ0v) is 11.8. The minimum atomic E-state index is -4.51. The van der Waals surface area contributed by atoms with E-state index < -0.39 is 12.5 Å². The van der Waals surface area contributed by atoms with E-state index in [4.69, 9.17) is 4.74 Å². The first kappa shape index (κ1) is 15.6. The molecule has 0 radical (unpaired) electrons. The van der Waals surface area contributed by atoms with Gasteiger partial charge in [-0.25, -0.2) is 0 Å². The van der Waals surface area contributed by atoms with E-state index in [0.717, 1.165) is 0 Å². The van der Waals surface area contributed by atoms with Gasteiger partial charge >= 0.3 is 13.3 Å². The van der Waals surface area contributed by atoms with Gasteiger partial charge in [-0.3, -0.25) is 14.7 Å². The molecule has 1 aromatic rings. The normalized spacial score (nSPS) is 11.4. The Balaban J connectivity index is 3.82. The molecule has 0 bridgehead atoms. The molecule has 0 aliphatic rings. The minimum absolute atomic E-state index is 0.0647. The van der Waals surface area contributed by atoms with Crippen LogP contribution in [-0.2, 0) is 17.4 Å². The molecule has 0 aliphatic carbocycles. The van der Waals surface area contributed by atoms with Gasteiger partial charge in [0.15, 0.2) is 0 Å². The van der Waals surface area contributed by atoms with E-state index in [2.05, 4.69) is 0 Å². The van der Waals surface area contributed by atoms with Gasteiger partial charge in [-0.2, -0.15) is 0 Å². The number of ether oxygens (including phenoxy) is 1. The van der Waals surface area contributed by atoms with Gasteiger partial charge in [-0.05, 0) is 18.9 Å². The van der Waals surface area contributed by atoms with E-state index in [0.29, 0.717) is 0 Å². The Labute approximate surface area is 110 Å². The van der Waals surface area contributed by atoms with Crippen LogP contribution in [-0.4, -0.2) is 21.8 Å². The van der Waals surface area contributed by atoms with Crippen molar-refractivity contribution in [3.05, 3.63) is 27.3 Å². The molecule has 19 heavy (non-hydrogen) atoms. The van der Waals surface area contributed by atoms with Crippen LogP contribution in [0.2, 0.25) is 0 Å². The van der Waals surface area contributed by atoms with E-state index in [9.17, 15) is 24.5 Å². The van der Waals surface area contributed by atoms with Gasteiger partial charge in [0.2, 0.25) is 5.75 Å². The monoisotopic (exact) mass is 289 g/mol. The molecule has 0 aromatic heterocycles. The summed E-state index contributed by atoms with van der Waals surface area (Å²) in [5.74, 6) is -0.0647. The molecule has 2 N–H and O–H groups in total. The first-order chi connectivity index (χ1) is 8.77. The molecule has 0 fully saturated rings. The standard InChI is InChI=1S/C11H16NO6P/c1-4-7-6-9(19(15,16)17)8(5-2)11(18-3)10(7)12(13)14/h6H,4-5H2,1-3H3,(H2,15,16,17). The maximum absolute atomic E-state index is 11.5. The summed E-state index contributed by atoms with van der Waals surface area (Å²) in [4.78, 5) is 29.3. The summed E-state index contributed by atoms with van der Waals surface area (Å²) >= 11 is 0. The fourth-order valence-corrected chi connectivity index (χ4v) is 2.95. The molecule has 0 amide bonds. The van der Waals surface area contributed by atoms with Crippen LogP contribution in [0.15, 0.2) is 6.07 Å². The second kappa shape index (κ2) is 5.69. The topological polar surface area (TPSA) is 110 Å². The van der Waals surface area contributed by atoms with E-state index in [1.165, 1.54) is 13.2 Å². The fraction of sp³-hybridized carbons (Fsp3) is 0.455. The lowest BCUT2D eigenvalue weighted by Gasteiger charge is -2.16. The van der Waals surface area contributed by atoms with Crippen molar-refractivity contribution in [1.82, 2.24) is 0 Å². The maximum atomic E-state index is 11.5. The van der Waals surface area contributed by atoms with Crippen molar-refractivity contribution in [2.24, 2.45) is 0 Å². The van der Waals surface area contributed by atoms with Gasteiger partial charge in [-0.15, -0.1) is 0 Å². The molecule has 0 saturated heterocycles. The summed E-state index contributed by atoms with van der Waals surface area (Å²) in [5.41, 5.74) is 0.205. The van der Waals surface area contributed by atoms with Crippen molar-refractivity contribution < 1.29 is 24.0 Å². The van der Waals surface area contributed by atoms with Gasteiger partial charge in [-0.1, -0.05) is 13.8 Å². The van der Waals surface area contributed by atoms with Gasteiger partial charge in [0.1, 0.15) is 0 Å². The Kier molecular flexibility index (Phi) is 4.68. The molecule has 0 saturated carbocycles. The number of nitro groups is 1. The Bertz CT molecular complexity index is 551. The van der Waals surface area contributed by atoms with Crippen molar-refractivity contribution in [2.75, 3.05) is 7.11 Å². The van der Waals surface area contributed by atoms with E-state index in [1.54, 1.807) is 13.8 Å². The molecule has 8 heteroatoms. The number of hydrogen-bond acceptors (Lipinski definition) is 4. The lowest BCUT2D eigenvalue weighted by atomic mass is 10.0. The van der Waals surface area contributed by atoms with Gasteiger partial charge in [0.25, 0.3) is 0 Å². The molecule has 0 unspecified atom stereocenters. The highest BCUT2D eigenvalue weighted by molar-refractivity contribution is 7.60. The van der Waals surface area contributed by atoms with Crippen molar-refractivity contribution in [3.8, 4) is 5.75 Å². The molecule has 0 atom stereocenters. The van der Waals surface area contributed by atoms with E-state index >= 15 is 0 Å². The first-order valence-corrected chi connectivity index (χ1v) is 7.32. The van der Waals surface area contributed by atoms with Crippen LogP contribution in [0.5, 0.6) is 5.75 Å². The zero-order chi connectivity index (χ0) is 14.8. The number of nitrogens with zero attached hydrogens (tertiary/aromatic N) is 1. The average molecular weight is 289 g/mol. The van der Waals surface area contributed by atoms with Gasteiger partial charge in [0.05, 0.1) is 17.3 Å². The Morgan fingerprint density at radius 1 is 1.37 bits per heavy atom. The van der Waals surface area contributed by atoms with Crippen LogP contribution in [0, 0.1) is 10.1 Å². The molecule has 0 aliphatic heterocycles. The third-order valence-corrected chi connectivity index (χ3v) is 3.88. The third-order valence-electron chi connectivity index (χ3n) is 2.85. The SMILES string of the molecule is CCc1cc(P(=O)(O)O)c(CC)c(OC)c1[N+](=O)[O-]. The second-order valence-electron chi connectivity index (χ2n) is 3.92. The lowest BCUT2D eigenvalue weighted by Crippen LogP contribution is -2.16. The van der Waals surface area contributed by atoms with Crippen molar-refractivity contribution in [3.63, 3.8) is 0 Å². The number of rotatable bonds is 5. The highest BCUT2D eigenvalue weighted by atomic mass is 31.2. The van der Waals surface area contributed by atoms with E-state index in [-0.39, 0.29) is 40.7 Å². The van der Waals surface area contributed by atoms with Gasteiger partial charge in [0, 0.05) is 11.1 Å². The number of nitro benzene ring substituents is 1. The quantitative estimate of drug-likeness (QED) is 0.483. The molecule has 106 valence electrons. The predicted molar refractivity (Wildman–Crippen MR) is 70.1 cm³/mol. The van der Waals surface area contributed by atoms with Crippen LogP contribution in [0.1, 0.15) is 25.0 Å². The second-order valence-corrected chi connectivity index (χ2v) is 5.49. The number of hydrogen-bond donors (Lipinski definition) is 2. The summed E-state index contributed by atoms with van der Waals surface area (Å²) in [5, 5.41) is 10.9. The smallest absolute Gasteiger partial charge is 0.356 e. The van der Waals surface area contributed by atoms with Crippen LogP contribution in [0.4, 0.5) is 5.69 Å². The van der Waals surface area contributed by atoms with Crippen molar-refractivity contribution in [1.29, 1.82) is 0 Å². The number of benzene rings is 1. The van der Waals surface area contributed by atoms with E-state index in [1.807, 2.05) is 0 Å². The summed E-state index contributed by atoms with van der Waals surface area (Å²) in [7, 11) is -3.25. The highest BCUT2D eigenvalue weighted by Crippen LogP contribution is 2.42. The summed E-state index contributed by atoms with van der Waals surface area (Å²) < 4.78 is 16.5. The predicted octanol–water partition coefficient (Wildman–Crippen LogP) is 1.53. The Morgan fingerprint density at radius 2 is 1.95 bits per heavy atom. The minimum Gasteiger partial charge on any atom is -0.490 e. The van der Waals surface area contributed by atoms with Crippen LogP contribution >= 0.6 is 7.60 Å². The molecule has 7 nitrogen and oxygen atoms in total. The maximum Gasteiger partial charge on any atom is 0.356 e. The lowest BCUT2D eigenvalue weighted by molar-refractivity contribution is -0.386. The Hall–Kier alpha value is -1.43. The fourth-order valence-electron chi connectivity index (χ4n) is 2.02.